The Morgan fingerprint density at radius 3 is 0.778 bits per heavy atom. The van der Waals surface area contributed by atoms with Crippen LogP contribution in [0.4, 0.5) is 0 Å². The number of carbonyl (C=O) groups excluding carboxylic acids is 3. The van der Waals surface area contributed by atoms with Crippen LogP contribution in [0.3, 0.4) is 0 Å². The Labute approximate surface area is 393 Å². The Morgan fingerprint density at radius 1 is 0.302 bits per heavy atom. The van der Waals surface area contributed by atoms with Crippen molar-refractivity contribution in [1.82, 2.24) is 0 Å². The number of unbranched alkanes of at least 4 members (excludes halogenated alkanes) is 36. The van der Waals surface area contributed by atoms with Crippen LogP contribution in [-0.4, -0.2) is 37.2 Å². The van der Waals surface area contributed by atoms with E-state index in [2.05, 4.69) is 34.6 Å². The molecule has 0 bridgehead atoms. The topological polar surface area (TPSA) is 78.9 Å². The van der Waals surface area contributed by atoms with Gasteiger partial charge >= 0.3 is 17.9 Å². The Morgan fingerprint density at radius 2 is 0.524 bits per heavy atom. The first-order chi connectivity index (χ1) is 30.7. The van der Waals surface area contributed by atoms with Gasteiger partial charge in [0.2, 0.25) is 0 Å². The monoisotopic (exact) mass is 891 g/mol. The van der Waals surface area contributed by atoms with Gasteiger partial charge < -0.3 is 14.2 Å². The average Bonchev–Trinajstić information content (AvgIpc) is 3.25. The summed E-state index contributed by atoms with van der Waals surface area (Å²) in [4.78, 5) is 37.8. The van der Waals surface area contributed by atoms with Gasteiger partial charge in [-0.25, -0.2) is 0 Å². The predicted molar refractivity (Wildman–Crippen MR) is 270 cm³/mol. The molecule has 0 aliphatic heterocycles. The van der Waals surface area contributed by atoms with Crippen LogP contribution >= 0.6 is 0 Å². The average molecular weight is 892 g/mol. The van der Waals surface area contributed by atoms with Crippen LogP contribution in [0, 0.1) is 11.8 Å². The molecule has 0 rings (SSSR count). The third-order valence-corrected chi connectivity index (χ3v) is 13.0. The molecule has 1 atom stereocenters. The molecule has 0 saturated carbocycles. The Balaban J connectivity index is 4.04. The minimum Gasteiger partial charge on any atom is -0.462 e. The number of rotatable bonds is 51. The molecule has 374 valence electrons. The number of hydrogen-bond donors (Lipinski definition) is 0. The molecule has 6 heteroatoms. The van der Waals surface area contributed by atoms with Gasteiger partial charge in [0.1, 0.15) is 13.2 Å². The molecule has 0 N–H and O–H groups in total. The molecule has 0 saturated heterocycles. The molecule has 63 heavy (non-hydrogen) atoms. The summed E-state index contributed by atoms with van der Waals surface area (Å²) in [5, 5.41) is 0. The lowest BCUT2D eigenvalue weighted by Gasteiger charge is -2.18. The van der Waals surface area contributed by atoms with E-state index in [0.717, 1.165) is 76.0 Å². The van der Waals surface area contributed by atoms with Crippen LogP contribution in [0.1, 0.15) is 317 Å². The Bertz CT molecular complexity index is 962. The third-order valence-electron chi connectivity index (χ3n) is 13.0. The first-order valence-electron chi connectivity index (χ1n) is 28.2. The van der Waals surface area contributed by atoms with Crippen molar-refractivity contribution in [2.24, 2.45) is 11.8 Å². The quantitative estimate of drug-likeness (QED) is 0.0344. The van der Waals surface area contributed by atoms with E-state index in [1.807, 2.05) is 0 Å². The van der Waals surface area contributed by atoms with Crippen molar-refractivity contribution < 1.29 is 28.6 Å². The van der Waals surface area contributed by atoms with Crippen molar-refractivity contribution in [3.63, 3.8) is 0 Å². The Kier molecular flexibility index (Phi) is 48.6. The lowest BCUT2D eigenvalue weighted by Crippen LogP contribution is -2.30. The van der Waals surface area contributed by atoms with Gasteiger partial charge in [-0.05, 0) is 31.1 Å². The van der Waals surface area contributed by atoms with Gasteiger partial charge in [0.05, 0.1) is 0 Å². The van der Waals surface area contributed by atoms with Gasteiger partial charge in [-0.15, -0.1) is 0 Å². The van der Waals surface area contributed by atoms with Crippen molar-refractivity contribution in [3.8, 4) is 0 Å². The lowest BCUT2D eigenvalue weighted by atomic mass is 10.0. The highest BCUT2D eigenvalue weighted by Crippen LogP contribution is 2.18. The molecule has 0 amide bonds. The van der Waals surface area contributed by atoms with E-state index in [-0.39, 0.29) is 31.1 Å². The van der Waals surface area contributed by atoms with E-state index in [4.69, 9.17) is 14.2 Å². The highest BCUT2D eigenvalue weighted by molar-refractivity contribution is 5.71. The molecule has 0 aromatic rings. The highest BCUT2D eigenvalue weighted by atomic mass is 16.6. The number of ether oxygens (including phenoxy) is 3. The van der Waals surface area contributed by atoms with Gasteiger partial charge in [-0.2, -0.15) is 0 Å². The van der Waals surface area contributed by atoms with Crippen LogP contribution in [-0.2, 0) is 28.6 Å². The van der Waals surface area contributed by atoms with E-state index in [1.54, 1.807) is 0 Å². The molecule has 0 radical (unpaired) electrons. The summed E-state index contributed by atoms with van der Waals surface area (Å²) < 4.78 is 16.7. The second-order valence-electron chi connectivity index (χ2n) is 20.5. The van der Waals surface area contributed by atoms with Gasteiger partial charge in [0, 0.05) is 19.3 Å². The Hall–Kier alpha value is -1.59. The van der Waals surface area contributed by atoms with Crippen LogP contribution in [0.2, 0.25) is 0 Å². The summed E-state index contributed by atoms with van der Waals surface area (Å²) >= 11 is 0. The van der Waals surface area contributed by atoms with E-state index >= 15 is 0 Å². The number of esters is 3. The molecule has 0 heterocycles. The fourth-order valence-electron chi connectivity index (χ4n) is 8.70. The molecule has 0 aromatic heterocycles. The second kappa shape index (κ2) is 49.8. The molecular formula is C57H110O6. The number of carbonyl (C=O) groups is 3. The highest BCUT2D eigenvalue weighted by Gasteiger charge is 2.19. The van der Waals surface area contributed by atoms with Crippen molar-refractivity contribution in [1.29, 1.82) is 0 Å². The van der Waals surface area contributed by atoms with E-state index in [0.29, 0.717) is 19.3 Å². The molecule has 0 unspecified atom stereocenters. The summed E-state index contributed by atoms with van der Waals surface area (Å²) in [6.45, 7) is 11.4. The fourth-order valence-corrected chi connectivity index (χ4v) is 8.70. The summed E-state index contributed by atoms with van der Waals surface area (Å²) in [7, 11) is 0. The van der Waals surface area contributed by atoms with Crippen molar-refractivity contribution in [3.05, 3.63) is 0 Å². The second-order valence-corrected chi connectivity index (χ2v) is 20.5. The largest absolute Gasteiger partial charge is 0.462 e. The normalized spacial score (nSPS) is 12.0. The maximum absolute atomic E-state index is 12.8. The minimum atomic E-state index is -0.760. The number of hydrogen-bond acceptors (Lipinski definition) is 6. The van der Waals surface area contributed by atoms with Crippen LogP contribution < -0.4 is 0 Å². The minimum absolute atomic E-state index is 0.0639. The van der Waals surface area contributed by atoms with E-state index in [1.165, 1.54) is 199 Å². The standard InChI is InChI=1S/C57H110O6/c1-6-7-8-35-42-47-55(58)61-50-54(51-62-56(59)48-43-38-33-29-25-21-17-14-13-16-20-24-28-32-37-41-46-53(4)5)63-57(60)49-44-39-34-30-26-22-18-12-10-9-11-15-19-23-27-31-36-40-45-52(2)3/h52-54H,6-51H2,1-5H3/t54-/m0/s1. The van der Waals surface area contributed by atoms with Gasteiger partial charge in [0.15, 0.2) is 6.10 Å². The van der Waals surface area contributed by atoms with Crippen molar-refractivity contribution in [2.45, 2.75) is 323 Å². The first kappa shape index (κ1) is 61.4. The summed E-state index contributed by atoms with van der Waals surface area (Å²) in [5.41, 5.74) is 0. The predicted octanol–water partition coefficient (Wildman–Crippen LogP) is 18.5. The van der Waals surface area contributed by atoms with Gasteiger partial charge in [-0.3, -0.25) is 14.4 Å². The van der Waals surface area contributed by atoms with E-state index in [9.17, 15) is 14.4 Å². The van der Waals surface area contributed by atoms with Crippen LogP contribution in [0.15, 0.2) is 0 Å². The maximum Gasteiger partial charge on any atom is 0.306 e. The zero-order chi connectivity index (χ0) is 46.1. The van der Waals surface area contributed by atoms with Crippen molar-refractivity contribution >= 4 is 17.9 Å². The van der Waals surface area contributed by atoms with Crippen molar-refractivity contribution in [2.75, 3.05) is 13.2 Å². The molecule has 6 nitrogen and oxygen atoms in total. The zero-order valence-electron chi connectivity index (χ0n) is 43.2. The lowest BCUT2D eigenvalue weighted by molar-refractivity contribution is -0.167. The summed E-state index contributed by atoms with van der Waals surface area (Å²) in [5.74, 6) is 0.855. The molecule has 0 spiro atoms. The SMILES string of the molecule is CCCCCCCC(=O)OC[C@@H](COC(=O)CCCCCCCCCCCCCCCCCCC(C)C)OC(=O)CCCCCCCCCCCCCCCCCCCCC(C)C. The smallest absolute Gasteiger partial charge is 0.306 e. The third kappa shape index (κ3) is 51.3. The molecule has 0 aromatic carbocycles. The van der Waals surface area contributed by atoms with E-state index < -0.39 is 6.10 Å². The molecule has 0 fully saturated rings. The summed E-state index contributed by atoms with van der Waals surface area (Å²) in [6.07, 6.45) is 52.8. The molecular weight excluding hydrogens is 781 g/mol. The van der Waals surface area contributed by atoms with Gasteiger partial charge in [0.25, 0.3) is 0 Å². The zero-order valence-corrected chi connectivity index (χ0v) is 43.2. The molecule has 0 aliphatic rings. The van der Waals surface area contributed by atoms with Gasteiger partial charge in [-0.1, -0.05) is 279 Å². The molecule has 0 aliphatic carbocycles. The van der Waals surface area contributed by atoms with Crippen LogP contribution in [0.25, 0.3) is 0 Å². The maximum atomic E-state index is 12.8. The summed E-state index contributed by atoms with van der Waals surface area (Å²) in [6, 6.07) is 0. The fraction of sp³-hybridized carbons (Fsp3) is 0.947. The first-order valence-corrected chi connectivity index (χ1v) is 28.2. The van der Waals surface area contributed by atoms with Crippen LogP contribution in [0.5, 0.6) is 0 Å².